The molecule has 10 rings (SSSR count). The highest BCUT2D eigenvalue weighted by Crippen LogP contribution is 2.38. The van der Waals surface area contributed by atoms with Gasteiger partial charge in [0.05, 0.1) is 22.4 Å². The van der Waals surface area contributed by atoms with E-state index in [2.05, 4.69) is 73.0 Å². The fourth-order valence-corrected chi connectivity index (χ4v) is 7.23. The van der Waals surface area contributed by atoms with Gasteiger partial charge in [-0.15, -0.1) is 0 Å². The van der Waals surface area contributed by atoms with Crippen LogP contribution in [0.3, 0.4) is 0 Å². The van der Waals surface area contributed by atoms with Crippen molar-refractivity contribution in [2.75, 3.05) is 0 Å². The molecule has 0 aliphatic rings. The Morgan fingerprint density at radius 1 is 0.316 bits per heavy atom. The Morgan fingerprint density at radius 2 is 0.772 bits per heavy atom. The molecule has 0 unspecified atom stereocenters. The third kappa shape index (κ3) is 6.86. The molecule has 0 spiro atoms. The van der Waals surface area contributed by atoms with Gasteiger partial charge in [0.25, 0.3) is 0 Å². The zero-order chi connectivity index (χ0) is 38.0. The largest absolute Gasteiger partial charge is 0.457 e. The van der Waals surface area contributed by atoms with Crippen molar-refractivity contribution >= 4 is 21.8 Å². The van der Waals surface area contributed by atoms with E-state index in [1.807, 2.05) is 140 Å². The van der Waals surface area contributed by atoms with Gasteiger partial charge in [0, 0.05) is 58.8 Å². The first kappa shape index (κ1) is 33.7. The Morgan fingerprint density at radius 3 is 1.26 bits per heavy atom. The standard InChI is InChI=1S/C50H33N5O2/c1-3-10-34(11-4-1)36-22-26-51-46(30-36)38-14-7-16-40(28-38)56-42-18-20-44-45-21-19-43(33-49(45)55(48(44)32-42)50-53-24-9-25-54-50)57-41-17-8-15-39(29-41)47-31-37(23-27-52-47)35-12-5-2-6-13-35/h1-33H. The van der Waals surface area contributed by atoms with Gasteiger partial charge in [0.15, 0.2) is 0 Å². The first-order chi connectivity index (χ1) is 28.2. The van der Waals surface area contributed by atoms with Crippen molar-refractivity contribution in [2.24, 2.45) is 0 Å². The second kappa shape index (κ2) is 14.7. The number of hydrogen-bond donors (Lipinski definition) is 0. The van der Waals surface area contributed by atoms with Crippen LogP contribution in [-0.4, -0.2) is 24.5 Å². The van der Waals surface area contributed by atoms with Gasteiger partial charge in [-0.3, -0.25) is 14.5 Å². The van der Waals surface area contributed by atoms with Gasteiger partial charge >= 0.3 is 0 Å². The van der Waals surface area contributed by atoms with Crippen LogP contribution in [0, 0.1) is 0 Å². The summed E-state index contributed by atoms with van der Waals surface area (Å²) in [5.74, 6) is 3.33. The molecule has 6 aromatic carbocycles. The summed E-state index contributed by atoms with van der Waals surface area (Å²) in [7, 11) is 0. The Labute approximate surface area is 329 Å². The molecule has 10 aromatic rings. The number of pyridine rings is 2. The van der Waals surface area contributed by atoms with Crippen molar-refractivity contribution in [1.82, 2.24) is 24.5 Å². The van der Waals surface area contributed by atoms with Gasteiger partial charge in [-0.05, 0) is 101 Å². The predicted octanol–water partition coefficient (Wildman–Crippen LogP) is 12.6. The van der Waals surface area contributed by atoms with Crippen molar-refractivity contribution in [2.45, 2.75) is 0 Å². The van der Waals surface area contributed by atoms with Crippen LogP contribution in [0.1, 0.15) is 0 Å². The highest BCUT2D eigenvalue weighted by atomic mass is 16.5. The fourth-order valence-electron chi connectivity index (χ4n) is 7.23. The lowest BCUT2D eigenvalue weighted by Gasteiger charge is -2.11. The van der Waals surface area contributed by atoms with Crippen LogP contribution in [0.15, 0.2) is 201 Å². The number of fused-ring (bicyclic) bond motifs is 3. The molecular formula is C50H33N5O2. The van der Waals surface area contributed by atoms with Gasteiger partial charge < -0.3 is 9.47 Å². The summed E-state index contributed by atoms with van der Waals surface area (Å²) in [5.41, 5.74) is 10.00. The van der Waals surface area contributed by atoms with Crippen LogP contribution in [0.5, 0.6) is 23.0 Å². The summed E-state index contributed by atoms with van der Waals surface area (Å²) in [6.07, 6.45) is 7.19. The Bertz CT molecular complexity index is 2840. The summed E-state index contributed by atoms with van der Waals surface area (Å²) >= 11 is 0. The molecule has 4 aromatic heterocycles. The van der Waals surface area contributed by atoms with Gasteiger partial charge in [-0.1, -0.05) is 84.9 Å². The molecule has 0 saturated heterocycles. The number of aromatic nitrogens is 5. The number of nitrogens with zero attached hydrogens (tertiary/aromatic N) is 5. The van der Waals surface area contributed by atoms with E-state index in [-0.39, 0.29) is 0 Å². The molecule has 0 fully saturated rings. The molecule has 0 atom stereocenters. The number of ether oxygens (including phenoxy) is 2. The van der Waals surface area contributed by atoms with Crippen molar-refractivity contribution in [3.8, 4) is 73.7 Å². The number of benzene rings is 6. The van der Waals surface area contributed by atoms with Crippen LogP contribution < -0.4 is 9.47 Å². The van der Waals surface area contributed by atoms with Crippen LogP contribution in [0.25, 0.3) is 72.5 Å². The monoisotopic (exact) mass is 735 g/mol. The lowest BCUT2D eigenvalue weighted by molar-refractivity contribution is 0.483. The van der Waals surface area contributed by atoms with E-state index in [0.29, 0.717) is 28.9 Å². The molecule has 0 bridgehead atoms. The normalized spacial score (nSPS) is 11.2. The van der Waals surface area contributed by atoms with E-state index in [4.69, 9.17) is 9.47 Å². The third-order valence-corrected chi connectivity index (χ3v) is 9.93. The lowest BCUT2D eigenvalue weighted by Crippen LogP contribution is -2.00. The van der Waals surface area contributed by atoms with Crippen molar-refractivity contribution < 1.29 is 9.47 Å². The van der Waals surface area contributed by atoms with E-state index in [0.717, 1.165) is 66.6 Å². The van der Waals surface area contributed by atoms with Gasteiger partial charge in [-0.25, -0.2) is 9.97 Å². The van der Waals surface area contributed by atoms with Crippen LogP contribution in [0.2, 0.25) is 0 Å². The van der Waals surface area contributed by atoms with E-state index < -0.39 is 0 Å². The third-order valence-electron chi connectivity index (χ3n) is 9.93. The average molecular weight is 736 g/mol. The van der Waals surface area contributed by atoms with Crippen molar-refractivity contribution in [1.29, 1.82) is 0 Å². The number of rotatable bonds is 9. The van der Waals surface area contributed by atoms with Gasteiger partial charge in [0.1, 0.15) is 23.0 Å². The van der Waals surface area contributed by atoms with E-state index >= 15 is 0 Å². The molecule has 0 aliphatic carbocycles. The fraction of sp³-hybridized carbons (Fsp3) is 0. The van der Waals surface area contributed by atoms with E-state index in [9.17, 15) is 0 Å². The molecule has 0 amide bonds. The highest BCUT2D eigenvalue weighted by Gasteiger charge is 2.17. The molecule has 7 heteroatoms. The first-order valence-corrected chi connectivity index (χ1v) is 18.7. The smallest absolute Gasteiger partial charge is 0.234 e. The van der Waals surface area contributed by atoms with Crippen molar-refractivity contribution in [3.05, 3.63) is 201 Å². The molecule has 0 N–H and O–H groups in total. The van der Waals surface area contributed by atoms with Crippen molar-refractivity contribution in [3.63, 3.8) is 0 Å². The quantitative estimate of drug-likeness (QED) is 0.147. The Hall–Kier alpha value is -7.90. The highest BCUT2D eigenvalue weighted by molar-refractivity contribution is 6.09. The molecule has 4 heterocycles. The molecule has 0 radical (unpaired) electrons. The summed E-state index contributed by atoms with van der Waals surface area (Å²) < 4.78 is 15.1. The zero-order valence-corrected chi connectivity index (χ0v) is 30.6. The molecular weight excluding hydrogens is 703 g/mol. The van der Waals surface area contributed by atoms with Gasteiger partial charge in [-0.2, -0.15) is 0 Å². The Kier molecular flexibility index (Phi) is 8.70. The minimum atomic E-state index is 0.546. The topological polar surface area (TPSA) is 75.0 Å². The van der Waals surface area contributed by atoms with Gasteiger partial charge in [0.2, 0.25) is 5.95 Å². The molecule has 270 valence electrons. The Balaban J connectivity index is 0.974. The zero-order valence-electron chi connectivity index (χ0n) is 30.6. The maximum absolute atomic E-state index is 6.52. The van der Waals surface area contributed by atoms with E-state index in [1.165, 1.54) is 0 Å². The molecule has 0 saturated carbocycles. The lowest BCUT2D eigenvalue weighted by atomic mass is 10.0. The minimum absolute atomic E-state index is 0.546. The predicted molar refractivity (Wildman–Crippen MR) is 227 cm³/mol. The summed E-state index contributed by atoms with van der Waals surface area (Å²) in [4.78, 5) is 18.7. The SMILES string of the molecule is c1ccc(-c2ccnc(-c3cccc(Oc4ccc5c6ccc(Oc7cccc(-c8cc(-c9ccccc9)ccn8)c7)cc6n(-c6ncccn6)c5c4)c3)c2)cc1. The van der Waals surface area contributed by atoms with Crippen LogP contribution >= 0.6 is 0 Å². The summed E-state index contributed by atoms with van der Waals surface area (Å²) in [6, 6.07) is 59.0. The second-order valence-corrected chi connectivity index (χ2v) is 13.6. The van der Waals surface area contributed by atoms with Crippen LogP contribution in [-0.2, 0) is 0 Å². The maximum Gasteiger partial charge on any atom is 0.234 e. The summed E-state index contributed by atoms with van der Waals surface area (Å²) in [5, 5.41) is 2.08. The number of hydrogen-bond acceptors (Lipinski definition) is 6. The molecule has 0 aliphatic heterocycles. The van der Waals surface area contributed by atoms with E-state index in [1.54, 1.807) is 12.4 Å². The summed E-state index contributed by atoms with van der Waals surface area (Å²) in [6.45, 7) is 0. The molecule has 57 heavy (non-hydrogen) atoms. The minimum Gasteiger partial charge on any atom is -0.457 e. The second-order valence-electron chi connectivity index (χ2n) is 13.6. The average Bonchev–Trinajstić information content (AvgIpc) is 3.60. The van der Waals surface area contributed by atoms with Crippen LogP contribution in [0.4, 0.5) is 0 Å². The first-order valence-electron chi connectivity index (χ1n) is 18.7. The maximum atomic E-state index is 6.52. The molecule has 7 nitrogen and oxygen atoms in total.